The van der Waals surface area contributed by atoms with Crippen LogP contribution in [0.4, 0.5) is 5.69 Å². The number of carbonyl (C=O) groups excluding carboxylic acids is 1. The monoisotopic (exact) mass is 376 g/mol. The third-order valence-corrected chi connectivity index (χ3v) is 5.60. The number of aryl methyl sites for hydroxylation is 1. The summed E-state index contributed by atoms with van der Waals surface area (Å²) in [5.74, 6) is 0.0296. The molecule has 0 atom stereocenters. The first-order valence-electron chi connectivity index (χ1n) is 9.58. The van der Waals surface area contributed by atoms with Gasteiger partial charge in [-0.25, -0.2) is 0 Å². The molecule has 4 rings (SSSR count). The third-order valence-electron chi connectivity index (χ3n) is 5.60. The van der Waals surface area contributed by atoms with Gasteiger partial charge in [-0.3, -0.25) is 14.3 Å². The molecule has 1 aliphatic heterocycles. The van der Waals surface area contributed by atoms with E-state index in [-0.39, 0.29) is 17.9 Å². The average molecular weight is 376 g/mol. The number of rotatable bonds is 3. The van der Waals surface area contributed by atoms with Crippen molar-refractivity contribution in [2.24, 2.45) is 0 Å². The first-order valence-corrected chi connectivity index (χ1v) is 9.58. The second kappa shape index (κ2) is 7.46. The Bertz CT molecular complexity index is 1080. The van der Waals surface area contributed by atoms with Gasteiger partial charge in [-0.1, -0.05) is 24.3 Å². The summed E-state index contributed by atoms with van der Waals surface area (Å²) in [5.41, 5.74) is 4.40. The fourth-order valence-corrected chi connectivity index (χ4v) is 3.79. The van der Waals surface area contributed by atoms with Crippen LogP contribution in [0, 0.1) is 13.8 Å². The summed E-state index contributed by atoms with van der Waals surface area (Å²) >= 11 is 0. The summed E-state index contributed by atoms with van der Waals surface area (Å²) < 4.78 is 1.62. The highest BCUT2D eigenvalue weighted by atomic mass is 16.2. The molecule has 3 aromatic rings. The SMILES string of the molecule is Cc1cccc(N2CCN(C(=O)Cn3ncc(=O)c4ccccc43)CC2)c1C. The van der Waals surface area contributed by atoms with Crippen LogP contribution in [0.15, 0.2) is 53.5 Å². The highest BCUT2D eigenvalue weighted by Gasteiger charge is 2.23. The fourth-order valence-electron chi connectivity index (χ4n) is 3.79. The van der Waals surface area contributed by atoms with E-state index in [1.165, 1.54) is 23.0 Å². The van der Waals surface area contributed by atoms with E-state index in [1.807, 2.05) is 23.1 Å². The topological polar surface area (TPSA) is 58.4 Å². The Morgan fingerprint density at radius 3 is 2.54 bits per heavy atom. The molecule has 2 aromatic carbocycles. The number of para-hydroxylation sites is 1. The lowest BCUT2D eigenvalue weighted by molar-refractivity contribution is -0.132. The Morgan fingerprint density at radius 1 is 1.00 bits per heavy atom. The third kappa shape index (κ3) is 3.38. The van der Waals surface area contributed by atoms with Gasteiger partial charge in [0, 0.05) is 37.3 Å². The van der Waals surface area contributed by atoms with Crippen LogP contribution in [-0.2, 0) is 11.3 Å². The predicted molar refractivity (Wildman–Crippen MR) is 111 cm³/mol. The molecule has 0 spiro atoms. The normalized spacial score (nSPS) is 14.5. The smallest absolute Gasteiger partial charge is 0.244 e. The fraction of sp³-hybridized carbons (Fsp3) is 0.318. The molecule has 1 aromatic heterocycles. The molecule has 2 heterocycles. The molecule has 144 valence electrons. The zero-order valence-corrected chi connectivity index (χ0v) is 16.3. The largest absolute Gasteiger partial charge is 0.368 e. The first-order chi connectivity index (χ1) is 13.5. The quantitative estimate of drug-likeness (QED) is 0.704. The van der Waals surface area contributed by atoms with Crippen LogP contribution in [0.2, 0.25) is 0 Å². The van der Waals surface area contributed by atoms with Gasteiger partial charge in [-0.05, 0) is 43.2 Å². The van der Waals surface area contributed by atoms with E-state index in [0.29, 0.717) is 24.0 Å². The van der Waals surface area contributed by atoms with Crippen molar-refractivity contribution in [1.82, 2.24) is 14.7 Å². The minimum absolute atomic E-state index is 0.0296. The number of hydrogen-bond donors (Lipinski definition) is 0. The van der Waals surface area contributed by atoms with Gasteiger partial charge in [0.25, 0.3) is 0 Å². The number of piperazine rings is 1. The molecular formula is C22H24N4O2. The highest BCUT2D eigenvalue weighted by molar-refractivity contribution is 5.81. The van der Waals surface area contributed by atoms with E-state index in [4.69, 9.17) is 0 Å². The molecule has 1 aliphatic rings. The summed E-state index contributed by atoms with van der Waals surface area (Å²) in [6.45, 7) is 7.41. The zero-order chi connectivity index (χ0) is 19.7. The molecule has 6 nitrogen and oxygen atoms in total. The summed E-state index contributed by atoms with van der Waals surface area (Å²) in [6.07, 6.45) is 1.29. The Balaban J connectivity index is 1.46. The molecule has 1 saturated heterocycles. The lowest BCUT2D eigenvalue weighted by atomic mass is 10.1. The van der Waals surface area contributed by atoms with E-state index in [2.05, 4.69) is 42.0 Å². The molecule has 6 heteroatoms. The number of aromatic nitrogens is 2. The molecule has 0 saturated carbocycles. The maximum absolute atomic E-state index is 12.8. The van der Waals surface area contributed by atoms with Gasteiger partial charge >= 0.3 is 0 Å². The molecule has 0 N–H and O–H groups in total. The van der Waals surface area contributed by atoms with E-state index in [1.54, 1.807) is 10.7 Å². The Morgan fingerprint density at radius 2 is 1.75 bits per heavy atom. The lowest BCUT2D eigenvalue weighted by Gasteiger charge is -2.37. The van der Waals surface area contributed by atoms with Gasteiger partial charge in [0.1, 0.15) is 6.54 Å². The van der Waals surface area contributed by atoms with Crippen LogP contribution in [0.25, 0.3) is 10.9 Å². The molecule has 0 unspecified atom stereocenters. The molecule has 28 heavy (non-hydrogen) atoms. The minimum Gasteiger partial charge on any atom is -0.368 e. The number of fused-ring (bicyclic) bond motifs is 1. The van der Waals surface area contributed by atoms with Crippen molar-refractivity contribution in [2.75, 3.05) is 31.1 Å². The molecule has 0 aliphatic carbocycles. The first kappa shape index (κ1) is 18.2. The van der Waals surface area contributed by atoms with Gasteiger partial charge in [0.15, 0.2) is 0 Å². The van der Waals surface area contributed by atoms with Crippen molar-refractivity contribution < 1.29 is 4.79 Å². The maximum Gasteiger partial charge on any atom is 0.244 e. The number of benzene rings is 2. The van der Waals surface area contributed by atoms with Crippen LogP contribution in [0.3, 0.4) is 0 Å². The second-order valence-corrected chi connectivity index (χ2v) is 7.27. The Hall–Kier alpha value is -3.15. The van der Waals surface area contributed by atoms with Crippen LogP contribution in [0.1, 0.15) is 11.1 Å². The predicted octanol–water partition coefficient (Wildman–Crippen LogP) is 2.36. The maximum atomic E-state index is 12.8. The summed E-state index contributed by atoms with van der Waals surface area (Å²) in [4.78, 5) is 29.0. The molecular weight excluding hydrogens is 352 g/mol. The van der Waals surface area contributed by atoms with Crippen molar-refractivity contribution in [3.63, 3.8) is 0 Å². The Labute approximate surface area is 164 Å². The van der Waals surface area contributed by atoms with Crippen molar-refractivity contribution in [3.05, 3.63) is 70.0 Å². The zero-order valence-electron chi connectivity index (χ0n) is 16.3. The van der Waals surface area contributed by atoms with Crippen molar-refractivity contribution in [3.8, 4) is 0 Å². The van der Waals surface area contributed by atoms with Gasteiger partial charge in [0.05, 0.1) is 11.7 Å². The van der Waals surface area contributed by atoms with Crippen LogP contribution < -0.4 is 10.3 Å². The van der Waals surface area contributed by atoms with E-state index in [0.717, 1.165) is 13.1 Å². The van der Waals surface area contributed by atoms with Crippen molar-refractivity contribution >= 4 is 22.5 Å². The molecule has 1 fully saturated rings. The van der Waals surface area contributed by atoms with E-state index in [9.17, 15) is 9.59 Å². The minimum atomic E-state index is -0.124. The average Bonchev–Trinajstić information content (AvgIpc) is 2.72. The van der Waals surface area contributed by atoms with E-state index < -0.39 is 0 Å². The Kier molecular flexibility index (Phi) is 4.86. The van der Waals surface area contributed by atoms with Crippen molar-refractivity contribution in [2.45, 2.75) is 20.4 Å². The molecule has 0 bridgehead atoms. The molecule has 0 radical (unpaired) electrons. The van der Waals surface area contributed by atoms with Gasteiger partial charge in [0.2, 0.25) is 11.3 Å². The summed E-state index contributed by atoms with van der Waals surface area (Å²) in [7, 11) is 0. The lowest BCUT2D eigenvalue weighted by Crippen LogP contribution is -2.50. The number of nitrogens with zero attached hydrogens (tertiary/aromatic N) is 4. The van der Waals surface area contributed by atoms with Gasteiger partial charge < -0.3 is 9.80 Å². The molecule has 1 amide bonds. The summed E-state index contributed by atoms with van der Waals surface area (Å²) in [5, 5.41) is 4.76. The van der Waals surface area contributed by atoms with Crippen molar-refractivity contribution in [1.29, 1.82) is 0 Å². The number of amides is 1. The van der Waals surface area contributed by atoms with Crippen LogP contribution >= 0.6 is 0 Å². The standard InChI is InChI=1S/C22H24N4O2/c1-16-6-5-9-19(17(16)2)24-10-12-25(13-11-24)22(28)15-26-20-8-4-3-7-18(20)21(27)14-23-26/h3-9,14H,10-13,15H2,1-2H3. The highest BCUT2D eigenvalue weighted by Crippen LogP contribution is 2.24. The van der Waals surface area contributed by atoms with Gasteiger partial charge in [-0.2, -0.15) is 5.10 Å². The number of hydrogen-bond acceptors (Lipinski definition) is 4. The number of carbonyl (C=O) groups is 1. The van der Waals surface area contributed by atoms with Gasteiger partial charge in [-0.15, -0.1) is 0 Å². The van der Waals surface area contributed by atoms with E-state index >= 15 is 0 Å². The second-order valence-electron chi connectivity index (χ2n) is 7.27. The summed E-state index contributed by atoms with van der Waals surface area (Å²) in [6, 6.07) is 13.6. The van der Waals surface area contributed by atoms with Crippen LogP contribution in [-0.4, -0.2) is 46.8 Å². The van der Waals surface area contributed by atoms with Crippen LogP contribution in [0.5, 0.6) is 0 Å². The number of anilines is 1.